The lowest BCUT2D eigenvalue weighted by atomic mass is 9.76. The topological polar surface area (TPSA) is 29.5 Å². The van der Waals surface area contributed by atoms with Crippen molar-refractivity contribution in [3.8, 4) is 5.75 Å². The van der Waals surface area contributed by atoms with Crippen LogP contribution < -0.4 is 9.64 Å². The van der Waals surface area contributed by atoms with Gasteiger partial charge in [-0.15, -0.1) is 13.2 Å². The van der Waals surface area contributed by atoms with E-state index in [-0.39, 0.29) is 17.1 Å². The molecule has 22 heavy (non-hydrogen) atoms. The summed E-state index contributed by atoms with van der Waals surface area (Å²) in [6, 6.07) is 5.47. The minimum atomic E-state index is -4.70. The van der Waals surface area contributed by atoms with Crippen molar-refractivity contribution < 1.29 is 22.7 Å². The second kappa shape index (κ2) is 5.34. The number of allylic oxidation sites excluding steroid dienone is 2. The maximum absolute atomic E-state index is 12.7. The molecule has 0 unspecified atom stereocenters. The summed E-state index contributed by atoms with van der Waals surface area (Å²) in [7, 11) is 0. The van der Waals surface area contributed by atoms with E-state index in [1.165, 1.54) is 24.3 Å². The van der Waals surface area contributed by atoms with Gasteiger partial charge in [-0.25, -0.2) is 0 Å². The van der Waals surface area contributed by atoms with Crippen LogP contribution in [0.3, 0.4) is 0 Å². The number of benzene rings is 1. The molecule has 1 saturated heterocycles. The summed E-state index contributed by atoms with van der Waals surface area (Å²) in [5.74, 6) is -0.209. The first-order valence-corrected chi connectivity index (χ1v) is 7.22. The minimum Gasteiger partial charge on any atom is -0.406 e. The smallest absolute Gasteiger partial charge is 0.406 e. The third kappa shape index (κ3) is 2.82. The first kappa shape index (κ1) is 14.9. The van der Waals surface area contributed by atoms with Gasteiger partial charge in [0, 0.05) is 12.2 Å². The average Bonchev–Trinajstić information content (AvgIpc) is 2.77. The Hall–Kier alpha value is -1.98. The van der Waals surface area contributed by atoms with E-state index >= 15 is 0 Å². The summed E-state index contributed by atoms with van der Waals surface area (Å²) in [5, 5.41) is 0. The number of rotatable bonds is 2. The molecular weight excluding hydrogens is 295 g/mol. The largest absolute Gasteiger partial charge is 0.573 e. The van der Waals surface area contributed by atoms with E-state index < -0.39 is 6.36 Å². The molecular formula is C16H16F3NO2. The molecule has 1 amide bonds. The molecule has 1 aliphatic carbocycles. The van der Waals surface area contributed by atoms with Crippen molar-refractivity contribution in [2.75, 3.05) is 11.4 Å². The maximum Gasteiger partial charge on any atom is 0.573 e. The summed E-state index contributed by atoms with van der Waals surface area (Å²) >= 11 is 0. The molecule has 0 radical (unpaired) electrons. The van der Waals surface area contributed by atoms with Crippen LogP contribution in [0.4, 0.5) is 18.9 Å². The third-order valence-corrected chi connectivity index (χ3v) is 4.36. The van der Waals surface area contributed by atoms with Gasteiger partial charge in [-0.05, 0) is 49.9 Å². The number of carbonyl (C=O) groups excluding carboxylic acids is 1. The Morgan fingerprint density at radius 1 is 1.09 bits per heavy atom. The Kier molecular flexibility index (Phi) is 3.62. The summed E-state index contributed by atoms with van der Waals surface area (Å²) in [5.41, 5.74) is 0.293. The van der Waals surface area contributed by atoms with Crippen LogP contribution in [0.25, 0.3) is 0 Å². The summed E-state index contributed by atoms with van der Waals surface area (Å²) < 4.78 is 40.3. The number of hydrogen-bond acceptors (Lipinski definition) is 2. The Bertz CT molecular complexity index is 594. The van der Waals surface area contributed by atoms with Gasteiger partial charge in [0.25, 0.3) is 0 Å². The molecule has 1 fully saturated rings. The van der Waals surface area contributed by atoms with Crippen molar-refractivity contribution in [3.63, 3.8) is 0 Å². The van der Waals surface area contributed by atoms with E-state index in [0.717, 1.165) is 25.7 Å². The van der Waals surface area contributed by atoms with Crippen molar-refractivity contribution in [2.45, 2.75) is 32.0 Å². The molecule has 3 nitrogen and oxygen atoms in total. The van der Waals surface area contributed by atoms with Crippen molar-refractivity contribution in [1.82, 2.24) is 0 Å². The van der Waals surface area contributed by atoms with Crippen molar-refractivity contribution in [3.05, 3.63) is 36.4 Å². The minimum absolute atomic E-state index is 0.0707. The van der Waals surface area contributed by atoms with E-state index in [2.05, 4.69) is 10.8 Å². The molecule has 0 saturated carbocycles. The number of hydrogen-bond donors (Lipinski definition) is 0. The zero-order valence-corrected chi connectivity index (χ0v) is 11.9. The Balaban J connectivity index is 1.75. The molecule has 6 heteroatoms. The van der Waals surface area contributed by atoms with Gasteiger partial charge in [0.1, 0.15) is 5.75 Å². The molecule has 1 heterocycles. The molecule has 1 aliphatic heterocycles. The lowest BCUT2D eigenvalue weighted by Crippen LogP contribution is -2.35. The fourth-order valence-corrected chi connectivity index (χ4v) is 3.20. The number of carbonyl (C=O) groups is 1. The number of ether oxygens (including phenoxy) is 1. The Labute approximate surface area is 126 Å². The predicted octanol–water partition coefficient (Wildman–Crippen LogP) is 4.05. The van der Waals surface area contributed by atoms with Gasteiger partial charge in [-0.2, -0.15) is 0 Å². The quantitative estimate of drug-likeness (QED) is 0.771. The van der Waals surface area contributed by atoms with Gasteiger partial charge >= 0.3 is 6.36 Å². The highest BCUT2D eigenvalue weighted by Crippen LogP contribution is 2.44. The van der Waals surface area contributed by atoms with E-state index in [1.54, 1.807) is 4.90 Å². The first-order valence-electron chi connectivity index (χ1n) is 7.22. The standard InChI is InChI=1S/C16H16F3NO2/c17-16(18,19)22-13-6-4-12(5-7-13)20-11-10-15(14(20)21)8-2-1-3-9-15/h1-2,4-7H,3,8-11H2/t15-/m1/s1. The first-order chi connectivity index (χ1) is 10.4. The van der Waals surface area contributed by atoms with Crippen LogP contribution in [0, 0.1) is 5.41 Å². The van der Waals surface area contributed by atoms with E-state index in [0.29, 0.717) is 12.2 Å². The molecule has 1 aromatic carbocycles. The molecule has 0 aromatic heterocycles. The Morgan fingerprint density at radius 2 is 1.82 bits per heavy atom. The number of alkyl halides is 3. The highest BCUT2D eigenvalue weighted by atomic mass is 19.4. The fraction of sp³-hybridized carbons (Fsp3) is 0.438. The van der Waals surface area contributed by atoms with Crippen LogP contribution >= 0.6 is 0 Å². The lowest BCUT2D eigenvalue weighted by Gasteiger charge is -2.28. The molecule has 0 N–H and O–H groups in total. The highest BCUT2D eigenvalue weighted by Gasteiger charge is 2.46. The van der Waals surface area contributed by atoms with Crippen molar-refractivity contribution in [1.29, 1.82) is 0 Å². The SMILES string of the molecule is O=C1N(c2ccc(OC(F)(F)F)cc2)CC[C@]12CC=CCC2. The van der Waals surface area contributed by atoms with E-state index in [9.17, 15) is 18.0 Å². The van der Waals surface area contributed by atoms with E-state index in [4.69, 9.17) is 0 Å². The second-order valence-corrected chi connectivity index (χ2v) is 5.74. The lowest BCUT2D eigenvalue weighted by molar-refractivity contribution is -0.274. The molecule has 118 valence electrons. The number of anilines is 1. The summed E-state index contributed by atoms with van der Waals surface area (Å²) in [6.45, 7) is 0.603. The fourth-order valence-electron chi connectivity index (χ4n) is 3.20. The average molecular weight is 311 g/mol. The second-order valence-electron chi connectivity index (χ2n) is 5.74. The van der Waals surface area contributed by atoms with Gasteiger partial charge in [-0.1, -0.05) is 12.2 Å². The van der Waals surface area contributed by atoms with Gasteiger partial charge in [0.05, 0.1) is 5.41 Å². The van der Waals surface area contributed by atoms with Gasteiger partial charge < -0.3 is 9.64 Å². The zero-order chi connectivity index (χ0) is 15.8. The summed E-state index contributed by atoms with van der Waals surface area (Å²) in [6.07, 6.45) is 2.71. The monoisotopic (exact) mass is 311 g/mol. The molecule has 0 bridgehead atoms. The number of nitrogens with zero attached hydrogens (tertiary/aromatic N) is 1. The van der Waals surface area contributed by atoms with Crippen LogP contribution in [0.2, 0.25) is 0 Å². The van der Waals surface area contributed by atoms with Crippen LogP contribution in [-0.2, 0) is 4.79 Å². The molecule has 1 atom stereocenters. The maximum atomic E-state index is 12.7. The van der Waals surface area contributed by atoms with Crippen LogP contribution in [0.5, 0.6) is 5.75 Å². The number of halogens is 3. The van der Waals surface area contributed by atoms with Crippen LogP contribution in [0.15, 0.2) is 36.4 Å². The number of amides is 1. The molecule has 1 spiro atoms. The molecule has 2 aliphatic rings. The highest BCUT2D eigenvalue weighted by molar-refractivity contribution is 6.00. The zero-order valence-electron chi connectivity index (χ0n) is 11.9. The Morgan fingerprint density at radius 3 is 2.41 bits per heavy atom. The third-order valence-electron chi connectivity index (χ3n) is 4.36. The molecule has 1 aromatic rings. The van der Waals surface area contributed by atoms with Gasteiger partial charge in [-0.3, -0.25) is 4.79 Å². The van der Waals surface area contributed by atoms with Gasteiger partial charge in [0.2, 0.25) is 5.91 Å². The predicted molar refractivity (Wildman–Crippen MR) is 75.5 cm³/mol. The summed E-state index contributed by atoms with van der Waals surface area (Å²) in [4.78, 5) is 14.3. The molecule has 3 rings (SSSR count). The van der Waals surface area contributed by atoms with Crippen LogP contribution in [-0.4, -0.2) is 18.8 Å². The van der Waals surface area contributed by atoms with Crippen molar-refractivity contribution in [2.24, 2.45) is 5.41 Å². The van der Waals surface area contributed by atoms with Crippen molar-refractivity contribution >= 4 is 11.6 Å². The van der Waals surface area contributed by atoms with Gasteiger partial charge in [0.15, 0.2) is 0 Å². The normalized spacial score (nSPS) is 25.0. The van der Waals surface area contributed by atoms with E-state index in [1.807, 2.05) is 6.08 Å². The van der Waals surface area contributed by atoms with Crippen LogP contribution in [0.1, 0.15) is 25.7 Å².